The molecule has 1 aromatic rings. The van der Waals surface area contributed by atoms with E-state index in [1.165, 1.54) is 12.1 Å². The molecule has 0 aliphatic carbocycles. The number of nitrogens with one attached hydrogen (secondary N) is 1. The fourth-order valence-corrected chi connectivity index (χ4v) is 1.97. The molecule has 1 heterocycles. The SMILES string of the molecule is Fc1ccc([C@@H]2CCN2)c(Br)c1. The van der Waals surface area contributed by atoms with Crippen molar-refractivity contribution >= 4 is 15.9 Å². The largest absolute Gasteiger partial charge is 0.310 e. The summed E-state index contributed by atoms with van der Waals surface area (Å²) >= 11 is 3.34. The lowest BCUT2D eigenvalue weighted by molar-refractivity contribution is 0.381. The lowest BCUT2D eigenvalue weighted by atomic mass is 9.98. The van der Waals surface area contributed by atoms with Crippen molar-refractivity contribution in [2.24, 2.45) is 0 Å². The summed E-state index contributed by atoms with van der Waals surface area (Å²) in [6.07, 6.45) is 1.14. The number of halogens is 2. The summed E-state index contributed by atoms with van der Waals surface area (Å²) in [4.78, 5) is 0. The average molecular weight is 230 g/mol. The molecule has 1 aromatic carbocycles. The van der Waals surface area contributed by atoms with E-state index in [0.29, 0.717) is 6.04 Å². The van der Waals surface area contributed by atoms with Crippen molar-refractivity contribution in [3.05, 3.63) is 34.1 Å². The van der Waals surface area contributed by atoms with E-state index in [1.54, 1.807) is 0 Å². The Morgan fingerprint density at radius 2 is 2.25 bits per heavy atom. The van der Waals surface area contributed by atoms with E-state index in [0.717, 1.165) is 23.0 Å². The highest BCUT2D eigenvalue weighted by Crippen LogP contribution is 2.29. The molecule has 1 aliphatic rings. The predicted octanol–water partition coefficient (Wildman–Crippen LogP) is 2.62. The Morgan fingerprint density at radius 1 is 1.50 bits per heavy atom. The van der Waals surface area contributed by atoms with Crippen LogP contribution in [-0.2, 0) is 0 Å². The van der Waals surface area contributed by atoms with Gasteiger partial charge in [0.2, 0.25) is 0 Å². The molecule has 0 unspecified atom stereocenters. The van der Waals surface area contributed by atoms with Crippen molar-refractivity contribution in [2.75, 3.05) is 6.54 Å². The second-order valence-corrected chi connectivity index (χ2v) is 3.82. The molecule has 3 heteroatoms. The van der Waals surface area contributed by atoms with Gasteiger partial charge in [-0.3, -0.25) is 0 Å². The maximum atomic E-state index is 12.7. The molecule has 0 spiro atoms. The van der Waals surface area contributed by atoms with Gasteiger partial charge in [-0.1, -0.05) is 22.0 Å². The molecule has 0 radical (unpaired) electrons. The van der Waals surface area contributed by atoms with E-state index in [4.69, 9.17) is 0 Å². The summed E-state index contributed by atoms with van der Waals surface area (Å²) in [6, 6.07) is 5.26. The maximum Gasteiger partial charge on any atom is 0.124 e. The van der Waals surface area contributed by atoms with Crippen LogP contribution < -0.4 is 5.32 Å². The van der Waals surface area contributed by atoms with Gasteiger partial charge in [0.05, 0.1) is 0 Å². The van der Waals surface area contributed by atoms with Gasteiger partial charge in [-0.25, -0.2) is 4.39 Å². The zero-order valence-corrected chi connectivity index (χ0v) is 8.07. The van der Waals surface area contributed by atoms with E-state index in [-0.39, 0.29) is 5.82 Å². The first-order valence-corrected chi connectivity index (χ1v) is 4.75. The molecule has 1 atom stereocenters. The quantitative estimate of drug-likeness (QED) is 0.781. The van der Waals surface area contributed by atoms with E-state index in [1.807, 2.05) is 6.07 Å². The van der Waals surface area contributed by atoms with Crippen LogP contribution >= 0.6 is 15.9 Å². The lowest BCUT2D eigenvalue weighted by Gasteiger charge is -2.28. The van der Waals surface area contributed by atoms with Crippen molar-refractivity contribution in [3.8, 4) is 0 Å². The third-order valence-electron chi connectivity index (χ3n) is 2.16. The molecule has 1 nitrogen and oxygen atoms in total. The molecule has 0 aromatic heterocycles. The van der Waals surface area contributed by atoms with Gasteiger partial charge in [0, 0.05) is 10.5 Å². The van der Waals surface area contributed by atoms with E-state index in [2.05, 4.69) is 21.2 Å². The van der Waals surface area contributed by atoms with Crippen LogP contribution in [0.4, 0.5) is 4.39 Å². The molecule has 0 bridgehead atoms. The zero-order chi connectivity index (χ0) is 8.55. The van der Waals surface area contributed by atoms with Crippen molar-refractivity contribution < 1.29 is 4.39 Å². The predicted molar refractivity (Wildman–Crippen MR) is 49.5 cm³/mol. The van der Waals surface area contributed by atoms with Gasteiger partial charge in [-0.05, 0) is 30.7 Å². The number of hydrogen-bond acceptors (Lipinski definition) is 1. The van der Waals surface area contributed by atoms with Crippen LogP contribution in [0.2, 0.25) is 0 Å². The van der Waals surface area contributed by atoms with Crippen LogP contribution in [-0.4, -0.2) is 6.54 Å². The third kappa shape index (κ3) is 1.39. The summed E-state index contributed by atoms with van der Waals surface area (Å²) in [7, 11) is 0. The third-order valence-corrected chi connectivity index (χ3v) is 2.85. The highest BCUT2D eigenvalue weighted by Gasteiger charge is 2.20. The number of rotatable bonds is 1. The van der Waals surface area contributed by atoms with Crippen molar-refractivity contribution in [1.82, 2.24) is 5.32 Å². The summed E-state index contributed by atoms with van der Waals surface area (Å²) in [5.74, 6) is -0.190. The first-order valence-electron chi connectivity index (χ1n) is 3.96. The van der Waals surface area contributed by atoms with Gasteiger partial charge in [0.15, 0.2) is 0 Å². The molecule has 2 rings (SSSR count). The van der Waals surface area contributed by atoms with Crippen molar-refractivity contribution in [3.63, 3.8) is 0 Å². The van der Waals surface area contributed by atoms with Crippen LogP contribution in [0.1, 0.15) is 18.0 Å². The van der Waals surface area contributed by atoms with Gasteiger partial charge in [0.25, 0.3) is 0 Å². The molecular formula is C9H9BrFN. The minimum atomic E-state index is -0.190. The molecule has 64 valence electrons. The van der Waals surface area contributed by atoms with Gasteiger partial charge in [-0.15, -0.1) is 0 Å². The summed E-state index contributed by atoms with van der Waals surface area (Å²) in [5.41, 5.74) is 1.16. The molecule has 12 heavy (non-hydrogen) atoms. The highest BCUT2D eigenvalue weighted by atomic mass is 79.9. The first kappa shape index (κ1) is 8.20. The smallest absolute Gasteiger partial charge is 0.124 e. The van der Waals surface area contributed by atoms with Crippen LogP contribution in [0, 0.1) is 5.82 Å². The minimum Gasteiger partial charge on any atom is -0.310 e. The fraction of sp³-hybridized carbons (Fsp3) is 0.333. The topological polar surface area (TPSA) is 12.0 Å². The van der Waals surface area contributed by atoms with Gasteiger partial charge in [0.1, 0.15) is 5.82 Å². The molecule has 0 saturated carbocycles. The van der Waals surface area contributed by atoms with Crippen LogP contribution in [0.5, 0.6) is 0 Å². The second-order valence-electron chi connectivity index (χ2n) is 2.96. The van der Waals surface area contributed by atoms with Crippen LogP contribution in [0.3, 0.4) is 0 Å². The van der Waals surface area contributed by atoms with Gasteiger partial charge in [-0.2, -0.15) is 0 Å². The Balaban J connectivity index is 2.31. The first-order chi connectivity index (χ1) is 5.77. The Hall–Kier alpha value is -0.410. The van der Waals surface area contributed by atoms with Crippen molar-refractivity contribution in [2.45, 2.75) is 12.5 Å². The lowest BCUT2D eigenvalue weighted by Crippen LogP contribution is -2.35. The second kappa shape index (κ2) is 3.15. The van der Waals surface area contributed by atoms with Gasteiger partial charge < -0.3 is 5.32 Å². The maximum absolute atomic E-state index is 12.7. The highest BCUT2D eigenvalue weighted by molar-refractivity contribution is 9.10. The molecule has 1 fully saturated rings. The Kier molecular flexibility index (Phi) is 2.15. The number of hydrogen-bond donors (Lipinski definition) is 1. The monoisotopic (exact) mass is 229 g/mol. The number of benzene rings is 1. The molecule has 0 amide bonds. The normalized spacial score (nSPS) is 22.0. The minimum absolute atomic E-state index is 0.190. The van der Waals surface area contributed by atoms with Crippen LogP contribution in [0.25, 0.3) is 0 Å². The van der Waals surface area contributed by atoms with E-state index >= 15 is 0 Å². The van der Waals surface area contributed by atoms with E-state index < -0.39 is 0 Å². The Labute approximate surface area is 79.1 Å². The molecule has 1 saturated heterocycles. The fourth-order valence-electron chi connectivity index (χ4n) is 1.34. The van der Waals surface area contributed by atoms with E-state index in [9.17, 15) is 4.39 Å². The molecule has 1 aliphatic heterocycles. The van der Waals surface area contributed by atoms with Crippen molar-refractivity contribution in [1.29, 1.82) is 0 Å². The van der Waals surface area contributed by atoms with Gasteiger partial charge >= 0.3 is 0 Å². The standard InChI is InChI=1S/C9H9BrFN/c10-8-5-6(11)1-2-7(8)9-3-4-12-9/h1-2,5,9,12H,3-4H2/t9-/m0/s1. The summed E-state index contributed by atoms with van der Waals surface area (Å²) < 4.78 is 13.5. The van der Waals surface area contributed by atoms with Crippen LogP contribution in [0.15, 0.2) is 22.7 Å². The Morgan fingerprint density at radius 3 is 2.75 bits per heavy atom. The zero-order valence-electron chi connectivity index (χ0n) is 6.48. The molecular weight excluding hydrogens is 221 g/mol. The Bertz CT molecular complexity index is 297. The average Bonchev–Trinajstić information content (AvgIpc) is 1.91. The summed E-state index contributed by atoms with van der Waals surface area (Å²) in [5, 5.41) is 3.27. The molecule has 1 N–H and O–H groups in total. The summed E-state index contributed by atoms with van der Waals surface area (Å²) in [6.45, 7) is 1.06.